The molecule has 2 unspecified atom stereocenters. The van der Waals surface area contributed by atoms with Gasteiger partial charge in [-0.25, -0.2) is 4.39 Å². The summed E-state index contributed by atoms with van der Waals surface area (Å²) in [6.45, 7) is 2.96. The van der Waals surface area contributed by atoms with Crippen molar-refractivity contribution in [3.63, 3.8) is 0 Å². The first-order valence-corrected chi connectivity index (χ1v) is 6.69. The standard InChI is InChI=1S/C13H19BrFNO2/c1-9(16-6-5-11(17)8-18-2)10-3-4-12(14)13(15)7-10/h3-4,7,9,11,16-17H,5-6,8H2,1-2H3. The van der Waals surface area contributed by atoms with Gasteiger partial charge in [-0.05, 0) is 53.5 Å². The van der Waals surface area contributed by atoms with Gasteiger partial charge in [0.2, 0.25) is 0 Å². The highest BCUT2D eigenvalue weighted by Crippen LogP contribution is 2.20. The zero-order valence-electron chi connectivity index (χ0n) is 10.6. The van der Waals surface area contributed by atoms with Crippen LogP contribution in [-0.2, 0) is 4.74 Å². The molecule has 0 aliphatic rings. The van der Waals surface area contributed by atoms with Gasteiger partial charge in [0.15, 0.2) is 0 Å². The van der Waals surface area contributed by atoms with Crippen LogP contribution in [0, 0.1) is 5.82 Å². The Hall–Kier alpha value is -0.490. The largest absolute Gasteiger partial charge is 0.391 e. The first-order chi connectivity index (χ1) is 8.54. The SMILES string of the molecule is COCC(O)CCNC(C)c1ccc(Br)c(F)c1. The van der Waals surface area contributed by atoms with Crippen LogP contribution in [-0.4, -0.2) is 31.5 Å². The number of rotatable bonds is 7. The van der Waals surface area contributed by atoms with E-state index in [0.29, 0.717) is 24.0 Å². The first-order valence-electron chi connectivity index (χ1n) is 5.90. The van der Waals surface area contributed by atoms with Crippen LogP contribution in [0.15, 0.2) is 22.7 Å². The van der Waals surface area contributed by atoms with Crippen molar-refractivity contribution in [3.8, 4) is 0 Å². The third-order valence-corrected chi connectivity index (χ3v) is 3.37. The van der Waals surface area contributed by atoms with E-state index in [0.717, 1.165) is 5.56 Å². The van der Waals surface area contributed by atoms with Crippen molar-refractivity contribution in [2.24, 2.45) is 0 Å². The van der Waals surface area contributed by atoms with Crippen LogP contribution in [0.25, 0.3) is 0 Å². The van der Waals surface area contributed by atoms with E-state index in [1.165, 1.54) is 6.07 Å². The van der Waals surface area contributed by atoms with Gasteiger partial charge in [0.1, 0.15) is 5.82 Å². The Morgan fingerprint density at radius 3 is 2.83 bits per heavy atom. The Morgan fingerprint density at radius 2 is 2.22 bits per heavy atom. The summed E-state index contributed by atoms with van der Waals surface area (Å²) >= 11 is 3.13. The fourth-order valence-electron chi connectivity index (χ4n) is 1.64. The summed E-state index contributed by atoms with van der Waals surface area (Å²) in [4.78, 5) is 0. The maximum atomic E-state index is 13.4. The van der Waals surface area contributed by atoms with Crippen molar-refractivity contribution in [1.82, 2.24) is 5.32 Å². The normalized spacial score (nSPS) is 14.5. The number of aliphatic hydroxyl groups excluding tert-OH is 1. The Bertz CT molecular complexity index is 376. The number of ether oxygens (including phenoxy) is 1. The summed E-state index contributed by atoms with van der Waals surface area (Å²) < 4.78 is 18.7. The van der Waals surface area contributed by atoms with Crippen LogP contribution >= 0.6 is 15.9 Å². The zero-order valence-corrected chi connectivity index (χ0v) is 12.2. The molecule has 0 aromatic heterocycles. The summed E-state index contributed by atoms with van der Waals surface area (Å²) in [5, 5.41) is 12.7. The molecule has 0 amide bonds. The summed E-state index contributed by atoms with van der Waals surface area (Å²) in [5.41, 5.74) is 0.886. The predicted octanol–water partition coefficient (Wildman–Crippen LogP) is 2.64. The molecule has 0 bridgehead atoms. The number of aliphatic hydroxyl groups is 1. The summed E-state index contributed by atoms with van der Waals surface area (Å²) in [6, 6.07) is 5.12. The molecule has 1 aromatic rings. The molecule has 5 heteroatoms. The molecule has 0 saturated heterocycles. The topological polar surface area (TPSA) is 41.5 Å². The molecule has 102 valence electrons. The summed E-state index contributed by atoms with van der Waals surface area (Å²) in [7, 11) is 1.56. The van der Waals surface area contributed by atoms with Crippen LogP contribution in [0.1, 0.15) is 24.9 Å². The minimum atomic E-state index is -0.462. The molecular formula is C13H19BrFNO2. The number of hydrogen-bond donors (Lipinski definition) is 2. The molecule has 2 N–H and O–H groups in total. The van der Waals surface area contributed by atoms with E-state index < -0.39 is 6.10 Å². The van der Waals surface area contributed by atoms with E-state index in [-0.39, 0.29) is 11.9 Å². The second-order valence-corrected chi connectivity index (χ2v) is 5.10. The molecule has 0 aliphatic heterocycles. The zero-order chi connectivity index (χ0) is 13.5. The van der Waals surface area contributed by atoms with Crippen LogP contribution in [0.4, 0.5) is 4.39 Å². The smallest absolute Gasteiger partial charge is 0.137 e. The van der Waals surface area contributed by atoms with E-state index in [4.69, 9.17) is 4.74 Å². The van der Waals surface area contributed by atoms with E-state index >= 15 is 0 Å². The van der Waals surface area contributed by atoms with E-state index in [2.05, 4.69) is 21.2 Å². The van der Waals surface area contributed by atoms with Crippen molar-refractivity contribution in [2.75, 3.05) is 20.3 Å². The third kappa shape index (κ3) is 5.02. The van der Waals surface area contributed by atoms with Gasteiger partial charge in [-0.2, -0.15) is 0 Å². The number of nitrogens with one attached hydrogen (secondary N) is 1. The molecule has 1 rings (SSSR count). The minimum Gasteiger partial charge on any atom is -0.391 e. The Morgan fingerprint density at radius 1 is 1.50 bits per heavy atom. The highest BCUT2D eigenvalue weighted by Gasteiger charge is 2.09. The van der Waals surface area contributed by atoms with Gasteiger partial charge in [-0.3, -0.25) is 0 Å². The molecule has 0 radical (unpaired) electrons. The summed E-state index contributed by atoms with van der Waals surface area (Å²) in [5.74, 6) is -0.263. The second-order valence-electron chi connectivity index (χ2n) is 4.25. The highest BCUT2D eigenvalue weighted by atomic mass is 79.9. The van der Waals surface area contributed by atoms with Crippen molar-refractivity contribution < 1.29 is 14.2 Å². The lowest BCUT2D eigenvalue weighted by Gasteiger charge is -2.16. The van der Waals surface area contributed by atoms with Crippen molar-refractivity contribution in [2.45, 2.75) is 25.5 Å². The summed E-state index contributed by atoms with van der Waals surface area (Å²) in [6.07, 6.45) is 0.147. The van der Waals surface area contributed by atoms with Crippen LogP contribution < -0.4 is 5.32 Å². The van der Waals surface area contributed by atoms with Gasteiger partial charge >= 0.3 is 0 Å². The predicted molar refractivity (Wildman–Crippen MR) is 73.0 cm³/mol. The van der Waals surface area contributed by atoms with Crippen LogP contribution in [0.5, 0.6) is 0 Å². The minimum absolute atomic E-state index is 0.0438. The van der Waals surface area contributed by atoms with Gasteiger partial charge in [0.25, 0.3) is 0 Å². The van der Waals surface area contributed by atoms with Gasteiger partial charge in [0, 0.05) is 13.2 Å². The highest BCUT2D eigenvalue weighted by molar-refractivity contribution is 9.10. The quantitative estimate of drug-likeness (QED) is 0.811. The van der Waals surface area contributed by atoms with E-state index in [1.54, 1.807) is 13.2 Å². The van der Waals surface area contributed by atoms with Crippen LogP contribution in [0.2, 0.25) is 0 Å². The first kappa shape index (κ1) is 15.6. The van der Waals surface area contributed by atoms with E-state index in [9.17, 15) is 9.50 Å². The average Bonchev–Trinajstić information content (AvgIpc) is 2.33. The number of methoxy groups -OCH3 is 1. The molecule has 2 atom stereocenters. The van der Waals surface area contributed by atoms with Gasteiger partial charge in [-0.1, -0.05) is 6.07 Å². The molecule has 0 fully saturated rings. The fourth-order valence-corrected chi connectivity index (χ4v) is 1.89. The third-order valence-electron chi connectivity index (χ3n) is 2.73. The molecule has 3 nitrogen and oxygen atoms in total. The van der Waals surface area contributed by atoms with Gasteiger partial charge in [0.05, 0.1) is 17.2 Å². The number of benzene rings is 1. The van der Waals surface area contributed by atoms with E-state index in [1.807, 2.05) is 13.0 Å². The maximum Gasteiger partial charge on any atom is 0.137 e. The molecule has 0 aliphatic carbocycles. The number of halogens is 2. The van der Waals surface area contributed by atoms with Gasteiger partial charge < -0.3 is 15.2 Å². The molecule has 1 aromatic carbocycles. The monoisotopic (exact) mass is 319 g/mol. The Balaban J connectivity index is 2.40. The Labute approximate surface area is 115 Å². The molecule has 0 heterocycles. The maximum absolute atomic E-state index is 13.4. The molecule has 18 heavy (non-hydrogen) atoms. The Kier molecular flexibility index (Phi) is 6.78. The van der Waals surface area contributed by atoms with Crippen LogP contribution in [0.3, 0.4) is 0 Å². The fraction of sp³-hybridized carbons (Fsp3) is 0.538. The molecule has 0 spiro atoms. The lowest BCUT2D eigenvalue weighted by atomic mass is 10.1. The van der Waals surface area contributed by atoms with Crippen molar-refractivity contribution in [3.05, 3.63) is 34.1 Å². The van der Waals surface area contributed by atoms with Crippen molar-refractivity contribution >= 4 is 15.9 Å². The van der Waals surface area contributed by atoms with Gasteiger partial charge in [-0.15, -0.1) is 0 Å². The molecular weight excluding hydrogens is 301 g/mol. The number of hydrogen-bond acceptors (Lipinski definition) is 3. The second kappa shape index (κ2) is 7.84. The lowest BCUT2D eigenvalue weighted by Crippen LogP contribution is -2.25. The lowest BCUT2D eigenvalue weighted by molar-refractivity contribution is 0.0590. The average molecular weight is 320 g/mol. The molecule has 0 saturated carbocycles. The van der Waals surface area contributed by atoms with Crippen molar-refractivity contribution in [1.29, 1.82) is 0 Å².